The van der Waals surface area contributed by atoms with Gasteiger partial charge in [0.15, 0.2) is 0 Å². The summed E-state index contributed by atoms with van der Waals surface area (Å²) in [6.07, 6.45) is 7.55. The van der Waals surface area contributed by atoms with Crippen molar-refractivity contribution in [3.63, 3.8) is 0 Å². The first-order chi connectivity index (χ1) is 9.81. The summed E-state index contributed by atoms with van der Waals surface area (Å²) in [6, 6.07) is 11.5. The molecule has 2 nitrogen and oxygen atoms in total. The van der Waals surface area contributed by atoms with Crippen LogP contribution >= 0.6 is 0 Å². The molecule has 1 aromatic carbocycles. The van der Waals surface area contributed by atoms with E-state index in [-0.39, 0.29) is 5.60 Å². The third-order valence-corrected chi connectivity index (χ3v) is 5.13. The number of nitrogens with one attached hydrogen (secondary N) is 1. The second-order valence-corrected chi connectivity index (χ2v) is 6.49. The Kier molecular flexibility index (Phi) is 4.42. The lowest BCUT2D eigenvalue weighted by atomic mass is 9.70. The largest absolute Gasteiger partial charge is 0.375 e. The van der Waals surface area contributed by atoms with Crippen molar-refractivity contribution >= 4 is 0 Å². The van der Waals surface area contributed by atoms with Crippen molar-refractivity contribution in [1.29, 1.82) is 0 Å². The van der Waals surface area contributed by atoms with Crippen LogP contribution in [-0.4, -0.2) is 24.8 Å². The third kappa shape index (κ3) is 3.07. The van der Waals surface area contributed by atoms with Gasteiger partial charge in [0.2, 0.25) is 0 Å². The number of likely N-dealkylation sites (N-methyl/N-ethyl adjacent to an activating group) is 1. The summed E-state index contributed by atoms with van der Waals surface area (Å²) < 4.78 is 6.08. The molecule has 1 saturated carbocycles. The van der Waals surface area contributed by atoms with Crippen LogP contribution in [0.4, 0.5) is 0 Å². The molecule has 3 rings (SSSR count). The van der Waals surface area contributed by atoms with Gasteiger partial charge in [-0.25, -0.2) is 0 Å². The van der Waals surface area contributed by atoms with Gasteiger partial charge in [-0.15, -0.1) is 0 Å². The maximum absolute atomic E-state index is 6.08. The van der Waals surface area contributed by atoms with Gasteiger partial charge < -0.3 is 10.1 Å². The molecule has 0 radical (unpaired) electrons. The van der Waals surface area contributed by atoms with E-state index in [0.717, 1.165) is 25.5 Å². The first-order valence-corrected chi connectivity index (χ1v) is 8.23. The molecule has 2 fully saturated rings. The molecule has 2 heteroatoms. The average molecular weight is 273 g/mol. The van der Waals surface area contributed by atoms with Crippen LogP contribution in [0.2, 0.25) is 0 Å². The Hall–Kier alpha value is -0.860. The van der Waals surface area contributed by atoms with E-state index in [2.05, 4.69) is 42.6 Å². The number of rotatable bonds is 5. The minimum atomic E-state index is 0.257. The quantitative estimate of drug-likeness (QED) is 0.885. The lowest BCUT2D eigenvalue weighted by Gasteiger charge is -2.49. The Balaban J connectivity index is 1.66. The first kappa shape index (κ1) is 14.1. The van der Waals surface area contributed by atoms with Crippen LogP contribution < -0.4 is 5.32 Å². The fraction of sp³-hybridized carbons (Fsp3) is 0.667. The summed E-state index contributed by atoms with van der Waals surface area (Å²) >= 11 is 0. The number of benzene rings is 1. The van der Waals surface area contributed by atoms with Crippen molar-refractivity contribution in [2.24, 2.45) is 5.92 Å². The topological polar surface area (TPSA) is 21.3 Å². The standard InChI is InChI=1S/C18H27NO/c1-2-19-17(13-15-7-4-3-5-8-15)16-9-12-20-18(14-16)10-6-11-18/h3-5,7-8,16-17,19H,2,6,9-14H2,1H3. The van der Waals surface area contributed by atoms with E-state index in [1.54, 1.807) is 0 Å². The van der Waals surface area contributed by atoms with Crippen molar-refractivity contribution in [2.75, 3.05) is 13.2 Å². The number of hydrogen-bond donors (Lipinski definition) is 1. The lowest BCUT2D eigenvalue weighted by Crippen LogP contribution is -2.50. The molecule has 2 aliphatic rings. The Bertz CT molecular complexity index is 413. The molecular formula is C18H27NO. The third-order valence-electron chi connectivity index (χ3n) is 5.13. The molecule has 1 aliphatic carbocycles. The maximum atomic E-state index is 6.08. The van der Waals surface area contributed by atoms with E-state index in [4.69, 9.17) is 4.74 Å². The van der Waals surface area contributed by atoms with Gasteiger partial charge >= 0.3 is 0 Å². The van der Waals surface area contributed by atoms with Crippen molar-refractivity contribution in [1.82, 2.24) is 5.32 Å². The highest BCUT2D eigenvalue weighted by molar-refractivity contribution is 5.16. The number of hydrogen-bond acceptors (Lipinski definition) is 2. The maximum Gasteiger partial charge on any atom is 0.0685 e. The highest BCUT2D eigenvalue weighted by Gasteiger charge is 2.44. The Labute approximate surface area is 122 Å². The summed E-state index contributed by atoms with van der Waals surface area (Å²) in [5, 5.41) is 3.73. The summed E-state index contributed by atoms with van der Waals surface area (Å²) in [5.74, 6) is 0.768. The zero-order valence-electron chi connectivity index (χ0n) is 12.6. The van der Waals surface area contributed by atoms with Gasteiger partial charge in [0, 0.05) is 12.6 Å². The summed E-state index contributed by atoms with van der Waals surface area (Å²) in [5.41, 5.74) is 1.71. The molecule has 1 aromatic rings. The van der Waals surface area contributed by atoms with Crippen molar-refractivity contribution in [3.8, 4) is 0 Å². The van der Waals surface area contributed by atoms with Crippen LogP contribution in [0.25, 0.3) is 0 Å². The minimum absolute atomic E-state index is 0.257. The highest BCUT2D eigenvalue weighted by atomic mass is 16.5. The predicted molar refractivity (Wildman–Crippen MR) is 82.9 cm³/mol. The molecule has 2 atom stereocenters. The molecule has 110 valence electrons. The van der Waals surface area contributed by atoms with Gasteiger partial charge in [0.1, 0.15) is 0 Å². The van der Waals surface area contributed by atoms with Gasteiger partial charge in [-0.1, -0.05) is 37.3 Å². The average Bonchev–Trinajstić information content (AvgIpc) is 2.46. The van der Waals surface area contributed by atoms with Gasteiger partial charge in [0.25, 0.3) is 0 Å². The minimum Gasteiger partial charge on any atom is -0.375 e. The molecule has 20 heavy (non-hydrogen) atoms. The summed E-state index contributed by atoms with van der Waals surface area (Å²) in [6.45, 7) is 4.24. The van der Waals surface area contributed by atoms with Crippen LogP contribution in [0.15, 0.2) is 30.3 Å². The zero-order chi connectivity index (χ0) is 13.8. The van der Waals surface area contributed by atoms with Crippen molar-refractivity contribution in [3.05, 3.63) is 35.9 Å². The zero-order valence-corrected chi connectivity index (χ0v) is 12.6. The molecule has 0 aromatic heterocycles. The normalized spacial score (nSPS) is 26.1. The fourth-order valence-electron chi connectivity index (χ4n) is 3.86. The summed E-state index contributed by atoms with van der Waals surface area (Å²) in [4.78, 5) is 0. The van der Waals surface area contributed by atoms with Gasteiger partial charge in [-0.3, -0.25) is 0 Å². The van der Waals surface area contributed by atoms with Crippen LogP contribution in [0.5, 0.6) is 0 Å². The second-order valence-electron chi connectivity index (χ2n) is 6.49. The monoisotopic (exact) mass is 273 g/mol. The van der Waals surface area contributed by atoms with E-state index in [0.29, 0.717) is 6.04 Å². The van der Waals surface area contributed by atoms with Crippen LogP contribution in [0.3, 0.4) is 0 Å². The van der Waals surface area contributed by atoms with Crippen molar-refractivity contribution in [2.45, 2.75) is 57.1 Å². The van der Waals surface area contributed by atoms with Gasteiger partial charge in [-0.2, -0.15) is 0 Å². The molecule has 1 heterocycles. The van der Waals surface area contributed by atoms with E-state index in [1.165, 1.54) is 37.7 Å². The molecule has 0 bridgehead atoms. The lowest BCUT2D eigenvalue weighted by molar-refractivity contribution is -0.147. The molecule has 1 aliphatic heterocycles. The molecule has 1 N–H and O–H groups in total. The Morgan fingerprint density at radius 3 is 2.75 bits per heavy atom. The van der Waals surface area contributed by atoms with E-state index in [9.17, 15) is 0 Å². The smallest absolute Gasteiger partial charge is 0.0685 e. The molecule has 2 unspecified atom stereocenters. The van der Waals surface area contributed by atoms with E-state index in [1.807, 2.05) is 0 Å². The number of ether oxygens (including phenoxy) is 1. The SMILES string of the molecule is CCNC(Cc1ccccc1)C1CCOC2(CCC2)C1. The van der Waals surface area contributed by atoms with E-state index < -0.39 is 0 Å². The molecule has 0 amide bonds. The van der Waals surface area contributed by atoms with Crippen LogP contribution in [0, 0.1) is 5.92 Å². The van der Waals surface area contributed by atoms with Gasteiger partial charge in [0.05, 0.1) is 5.60 Å². The summed E-state index contributed by atoms with van der Waals surface area (Å²) in [7, 11) is 0. The molecule has 1 spiro atoms. The van der Waals surface area contributed by atoms with Crippen LogP contribution in [-0.2, 0) is 11.2 Å². The van der Waals surface area contributed by atoms with Crippen LogP contribution in [0.1, 0.15) is 44.6 Å². The predicted octanol–water partition coefficient (Wildman–Crippen LogP) is 3.56. The second kappa shape index (κ2) is 6.28. The first-order valence-electron chi connectivity index (χ1n) is 8.23. The highest BCUT2D eigenvalue weighted by Crippen LogP contribution is 2.45. The Morgan fingerprint density at radius 1 is 1.30 bits per heavy atom. The molecular weight excluding hydrogens is 246 g/mol. The molecule has 1 saturated heterocycles. The fourth-order valence-corrected chi connectivity index (χ4v) is 3.86. The van der Waals surface area contributed by atoms with Crippen molar-refractivity contribution < 1.29 is 4.74 Å². The van der Waals surface area contributed by atoms with E-state index >= 15 is 0 Å². The Morgan fingerprint density at radius 2 is 2.10 bits per heavy atom. The van der Waals surface area contributed by atoms with Gasteiger partial charge in [-0.05, 0) is 56.6 Å².